The maximum Gasteiger partial charge on any atom is 0.328 e. The number of nitrogens with one attached hydrogen (secondary N) is 2. The minimum Gasteiger partial charge on any atom is -0.469 e. The van der Waals surface area contributed by atoms with Crippen LogP contribution < -0.4 is 16.6 Å². The van der Waals surface area contributed by atoms with Gasteiger partial charge in [0, 0.05) is 17.3 Å². The Balaban J connectivity index is 2.19. The van der Waals surface area contributed by atoms with Gasteiger partial charge in [0.2, 0.25) is 5.91 Å². The molecule has 0 fully saturated rings. The Morgan fingerprint density at radius 1 is 1.28 bits per heavy atom. The van der Waals surface area contributed by atoms with Crippen molar-refractivity contribution in [2.45, 2.75) is 19.0 Å². The molecule has 132 valence electrons. The lowest BCUT2D eigenvalue weighted by molar-refractivity contribution is -0.141. The van der Waals surface area contributed by atoms with Gasteiger partial charge < -0.3 is 10.1 Å². The molecule has 1 aromatic heterocycles. The van der Waals surface area contributed by atoms with E-state index in [1.807, 2.05) is 0 Å². The van der Waals surface area contributed by atoms with Gasteiger partial charge in [0.25, 0.3) is 5.56 Å². The molecule has 0 bridgehead atoms. The molecule has 0 spiro atoms. The smallest absolute Gasteiger partial charge is 0.328 e. The van der Waals surface area contributed by atoms with Gasteiger partial charge in [-0.1, -0.05) is 29.8 Å². The fourth-order valence-electron chi connectivity index (χ4n) is 2.21. The number of halogens is 1. The predicted octanol–water partition coefficient (Wildman–Crippen LogP) is 0.611. The highest BCUT2D eigenvalue weighted by Gasteiger charge is 2.21. The van der Waals surface area contributed by atoms with Crippen molar-refractivity contribution in [2.75, 3.05) is 7.11 Å². The number of ether oxygens (including phenoxy) is 1. The molecule has 0 radical (unpaired) electrons. The Kier molecular flexibility index (Phi) is 6.13. The van der Waals surface area contributed by atoms with Crippen LogP contribution in [0.15, 0.2) is 46.1 Å². The number of hydrogen-bond acceptors (Lipinski definition) is 5. The van der Waals surface area contributed by atoms with Gasteiger partial charge in [0.1, 0.15) is 6.54 Å². The van der Waals surface area contributed by atoms with Gasteiger partial charge in [-0.2, -0.15) is 0 Å². The van der Waals surface area contributed by atoms with Crippen molar-refractivity contribution in [1.82, 2.24) is 14.9 Å². The first-order chi connectivity index (χ1) is 11.9. The highest BCUT2D eigenvalue weighted by atomic mass is 35.5. The molecule has 1 heterocycles. The average molecular weight is 366 g/mol. The molecule has 2 N–H and O–H groups in total. The van der Waals surface area contributed by atoms with Gasteiger partial charge >= 0.3 is 11.7 Å². The van der Waals surface area contributed by atoms with E-state index in [4.69, 9.17) is 11.6 Å². The molecular formula is C16H16ClN3O5. The van der Waals surface area contributed by atoms with Crippen LogP contribution in [0.25, 0.3) is 0 Å². The monoisotopic (exact) mass is 365 g/mol. The molecule has 8 nitrogen and oxygen atoms in total. The van der Waals surface area contributed by atoms with Crippen molar-refractivity contribution in [3.63, 3.8) is 0 Å². The Morgan fingerprint density at radius 2 is 2.00 bits per heavy atom. The Morgan fingerprint density at radius 3 is 2.64 bits per heavy atom. The molecule has 1 amide bonds. The van der Waals surface area contributed by atoms with Gasteiger partial charge in [-0.05, 0) is 11.6 Å². The number of carbonyl (C=O) groups excluding carboxylic acids is 2. The van der Waals surface area contributed by atoms with Crippen LogP contribution in [0.3, 0.4) is 0 Å². The maximum atomic E-state index is 12.3. The highest BCUT2D eigenvalue weighted by molar-refractivity contribution is 6.31. The van der Waals surface area contributed by atoms with E-state index in [0.29, 0.717) is 10.6 Å². The molecule has 0 aliphatic heterocycles. The summed E-state index contributed by atoms with van der Waals surface area (Å²) in [7, 11) is 1.24. The summed E-state index contributed by atoms with van der Waals surface area (Å²) < 4.78 is 5.69. The third kappa shape index (κ3) is 5.05. The molecule has 2 rings (SSSR count). The Labute approximate surface area is 147 Å². The van der Waals surface area contributed by atoms with E-state index in [9.17, 15) is 19.2 Å². The lowest BCUT2D eigenvalue weighted by atomic mass is 10.0. The van der Waals surface area contributed by atoms with E-state index >= 15 is 0 Å². The SMILES string of the molecule is COC(=O)CC(NC(=O)Cn1ccc(=O)[nH]c1=O)c1ccccc1Cl. The number of amides is 1. The average Bonchev–Trinajstić information content (AvgIpc) is 2.57. The second-order valence-electron chi connectivity index (χ2n) is 5.16. The van der Waals surface area contributed by atoms with Crippen molar-refractivity contribution in [3.05, 3.63) is 68.0 Å². The molecule has 1 unspecified atom stereocenters. The fourth-order valence-corrected chi connectivity index (χ4v) is 2.48. The number of nitrogens with zero attached hydrogens (tertiary/aromatic N) is 1. The molecule has 0 saturated heterocycles. The van der Waals surface area contributed by atoms with Crippen LogP contribution in [0, 0.1) is 0 Å². The summed E-state index contributed by atoms with van der Waals surface area (Å²) in [6.45, 7) is -0.322. The van der Waals surface area contributed by atoms with Crippen LogP contribution in [-0.2, 0) is 20.9 Å². The van der Waals surface area contributed by atoms with Gasteiger partial charge in [0.05, 0.1) is 19.6 Å². The lowest BCUT2D eigenvalue weighted by Crippen LogP contribution is -2.37. The van der Waals surface area contributed by atoms with E-state index in [1.165, 1.54) is 13.3 Å². The van der Waals surface area contributed by atoms with Crippen LogP contribution in [0.5, 0.6) is 0 Å². The predicted molar refractivity (Wildman–Crippen MR) is 90.3 cm³/mol. The van der Waals surface area contributed by atoms with Crippen LogP contribution in [0.4, 0.5) is 0 Å². The van der Waals surface area contributed by atoms with Crippen LogP contribution >= 0.6 is 11.6 Å². The molecule has 2 aromatic rings. The number of methoxy groups -OCH3 is 1. The van der Waals surface area contributed by atoms with Crippen molar-refractivity contribution in [3.8, 4) is 0 Å². The quantitative estimate of drug-likeness (QED) is 0.729. The number of carbonyl (C=O) groups is 2. The van der Waals surface area contributed by atoms with E-state index in [-0.39, 0.29) is 13.0 Å². The summed E-state index contributed by atoms with van der Waals surface area (Å²) in [5.41, 5.74) is -0.706. The van der Waals surface area contributed by atoms with Crippen LogP contribution in [-0.4, -0.2) is 28.5 Å². The number of hydrogen-bond donors (Lipinski definition) is 2. The van der Waals surface area contributed by atoms with E-state index < -0.39 is 29.2 Å². The zero-order valence-corrected chi connectivity index (χ0v) is 14.1. The third-order valence-electron chi connectivity index (χ3n) is 3.43. The summed E-state index contributed by atoms with van der Waals surface area (Å²) in [6, 6.07) is 7.19. The first kappa shape index (κ1) is 18.5. The Bertz CT molecular complexity index is 890. The minimum absolute atomic E-state index is 0.119. The summed E-state index contributed by atoms with van der Waals surface area (Å²) >= 11 is 6.13. The van der Waals surface area contributed by atoms with Gasteiger partial charge in [-0.3, -0.25) is 23.9 Å². The Hall–Kier alpha value is -2.87. The minimum atomic E-state index is -0.716. The summed E-state index contributed by atoms with van der Waals surface area (Å²) in [6.07, 6.45) is 1.10. The third-order valence-corrected chi connectivity index (χ3v) is 3.77. The number of H-pyrrole nitrogens is 1. The largest absolute Gasteiger partial charge is 0.469 e. The molecule has 0 aliphatic rings. The van der Waals surface area contributed by atoms with E-state index in [2.05, 4.69) is 15.0 Å². The number of benzene rings is 1. The zero-order valence-electron chi connectivity index (χ0n) is 13.3. The number of aromatic amines is 1. The maximum absolute atomic E-state index is 12.3. The molecule has 25 heavy (non-hydrogen) atoms. The second-order valence-corrected chi connectivity index (χ2v) is 5.57. The lowest BCUT2D eigenvalue weighted by Gasteiger charge is -2.19. The van der Waals surface area contributed by atoms with Crippen LogP contribution in [0.2, 0.25) is 5.02 Å². The zero-order chi connectivity index (χ0) is 18.4. The van der Waals surface area contributed by atoms with Gasteiger partial charge in [-0.25, -0.2) is 4.79 Å². The molecular weight excluding hydrogens is 350 g/mol. The van der Waals surface area contributed by atoms with E-state index in [0.717, 1.165) is 10.6 Å². The summed E-state index contributed by atoms with van der Waals surface area (Å²) in [5, 5.41) is 3.04. The van der Waals surface area contributed by atoms with Gasteiger partial charge in [0.15, 0.2) is 0 Å². The molecule has 9 heteroatoms. The molecule has 0 aliphatic carbocycles. The van der Waals surface area contributed by atoms with E-state index in [1.54, 1.807) is 24.3 Å². The highest BCUT2D eigenvalue weighted by Crippen LogP contribution is 2.25. The summed E-state index contributed by atoms with van der Waals surface area (Å²) in [5.74, 6) is -1.05. The number of rotatable bonds is 6. The first-order valence-corrected chi connectivity index (χ1v) is 7.69. The normalized spacial score (nSPS) is 11.6. The molecule has 1 atom stereocenters. The standard InChI is InChI=1S/C16H16ClN3O5/c1-25-15(23)8-12(10-4-2-3-5-11(10)17)18-14(22)9-20-7-6-13(21)19-16(20)24/h2-7,12H,8-9H2,1H3,(H,18,22)(H,19,21,24). The van der Waals surface area contributed by atoms with Crippen molar-refractivity contribution in [1.29, 1.82) is 0 Å². The number of aromatic nitrogens is 2. The van der Waals surface area contributed by atoms with Crippen molar-refractivity contribution in [2.24, 2.45) is 0 Å². The fraction of sp³-hybridized carbons (Fsp3) is 0.250. The topological polar surface area (TPSA) is 110 Å². The summed E-state index contributed by atoms with van der Waals surface area (Å²) in [4.78, 5) is 48.6. The van der Waals surface area contributed by atoms with Crippen molar-refractivity contribution < 1.29 is 14.3 Å². The first-order valence-electron chi connectivity index (χ1n) is 7.31. The molecule has 1 aromatic carbocycles. The molecule has 0 saturated carbocycles. The van der Waals surface area contributed by atoms with Crippen molar-refractivity contribution >= 4 is 23.5 Å². The number of esters is 1. The van der Waals surface area contributed by atoms with Gasteiger partial charge in [-0.15, -0.1) is 0 Å². The second kappa shape index (κ2) is 8.29. The van der Waals surface area contributed by atoms with Crippen LogP contribution in [0.1, 0.15) is 18.0 Å².